The summed E-state index contributed by atoms with van der Waals surface area (Å²) in [6, 6.07) is 7.63. The van der Waals surface area contributed by atoms with Gasteiger partial charge in [0.15, 0.2) is 17.3 Å². The number of esters is 1. The van der Waals surface area contributed by atoms with E-state index in [9.17, 15) is 14.0 Å². The highest BCUT2D eigenvalue weighted by Gasteiger charge is 2.21. The number of nitrogen functional groups attached to an aromatic ring is 1. The number of anilines is 1. The van der Waals surface area contributed by atoms with E-state index in [1.54, 1.807) is 12.1 Å². The lowest BCUT2D eigenvalue weighted by atomic mass is 10.0. The molecule has 0 amide bonds. The average Bonchev–Trinajstić information content (AvgIpc) is 2.77. The zero-order valence-corrected chi connectivity index (χ0v) is 17.7. The molecule has 0 aliphatic heterocycles. The highest BCUT2D eigenvalue weighted by molar-refractivity contribution is 6.36. The first kappa shape index (κ1) is 23.8. The van der Waals surface area contributed by atoms with Crippen molar-refractivity contribution in [1.29, 1.82) is 0 Å². The van der Waals surface area contributed by atoms with Crippen LogP contribution in [0.4, 0.5) is 10.1 Å². The Bertz CT molecular complexity index is 1110. The Hall–Kier alpha value is -3.43. The second-order valence-corrected chi connectivity index (χ2v) is 6.49. The monoisotopic (exact) mass is 467 g/mol. The van der Waals surface area contributed by atoms with Crippen molar-refractivity contribution in [3.8, 4) is 16.9 Å². The number of nitrogens with two attached hydrogens (primary N) is 1. The Morgan fingerprint density at radius 3 is 2.32 bits per heavy atom. The lowest BCUT2D eigenvalue weighted by molar-refractivity contribution is 0.0593. The fourth-order valence-electron chi connectivity index (χ4n) is 2.37. The molecule has 11 heteroatoms. The Balaban J connectivity index is 0.000000316. The number of carbonyl (C=O) groups excluding carboxylic acids is 1. The molecule has 0 aliphatic rings. The lowest BCUT2D eigenvalue weighted by Crippen LogP contribution is -2.08. The molecule has 3 N–H and O–H groups in total. The van der Waals surface area contributed by atoms with E-state index in [0.717, 1.165) is 0 Å². The van der Waals surface area contributed by atoms with Crippen LogP contribution in [0.3, 0.4) is 0 Å². The number of carboxylic acids is 1. The van der Waals surface area contributed by atoms with E-state index in [1.807, 2.05) is 0 Å². The van der Waals surface area contributed by atoms with Crippen LogP contribution in [0.25, 0.3) is 11.1 Å². The standard InChI is InChI=1S/C14H11Cl2FN2O3.C6H5NO2/c1-21-13-8(15)4-3-6(10(13)17)7-5-19-12(14(20)22-2)9(16)11(7)18;8-6(9)5-3-1-2-4-7-5/h3-5H,1-2H3,(H2,18,19);1-4H,(H,8,9). The number of aromatic carboxylic acids is 1. The summed E-state index contributed by atoms with van der Waals surface area (Å²) >= 11 is 11.9. The van der Waals surface area contributed by atoms with E-state index < -0.39 is 17.8 Å². The van der Waals surface area contributed by atoms with Crippen molar-refractivity contribution in [3.63, 3.8) is 0 Å². The number of methoxy groups -OCH3 is 2. The number of carboxylic acid groups (broad SMARTS) is 1. The normalized spacial score (nSPS) is 9.97. The quantitative estimate of drug-likeness (QED) is 0.542. The molecule has 3 aromatic rings. The largest absolute Gasteiger partial charge is 0.492 e. The summed E-state index contributed by atoms with van der Waals surface area (Å²) in [5.41, 5.74) is 6.14. The summed E-state index contributed by atoms with van der Waals surface area (Å²) in [4.78, 5) is 29.1. The van der Waals surface area contributed by atoms with E-state index in [1.165, 1.54) is 44.8 Å². The third-order valence-electron chi connectivity index (χ3n) is 3.86. The second-order valence-electron chi connectivity index (χ2n) is 5.70. The van der Waals surface area contributed by atoms with Gasteiger partial charge in [-0.05, 0) is 24.3 Å². The Labute approximate surface area is 186 Å². The van der Waals surface area contributed by atoms with Crippen LogP contribution in [-0.4, -0.2) is 41.2 Å². The molecule has 0 fully saturated rings. The minimum atomic E-state index is -0.990. The topological polar surface area (TPSA) is 125 Å². The van der Waals surface area contributed by atoms with Crippen molar-refractivity contribution in [3.05, 3.63) is 70.0 Å². The van der Waals surface area contributed by atoms with Gasteiger partial charge in [-0.15, -0.1) is 0 Å². The summed E-state index contributed by atoms with van der Waals surface area (Å²) in [6.45, 7) is 0. The van der Waals surface area contributed by atoms with Gasteiger partial charge < -0.3 is 20.3 Å². The van der Waals surface area contributed by atoms with Crippen LogP contribution in [0.1, 0.15) is 21.0 Å². The van der Waals surface area contributed by atoms with Crippen LogP contribution in [-0.2, 0) is 4.74 Å². The summed E-state index contributed by atoms with van der Waals surface area (Å²) in [7, 11) is 2.48. The zero-order chi connectivity index (χ0) is 23.1. The number of rotatable bonds is 4. The molecule has 0 saturated heterocycles. The SMILES string of the molecule is COC(=O)c1ncc(-c2ccc(Cl)c(OC)c2F)c(N)c1Cl.O=C(O)c1ccccn1. The molecule has 0 bridgehead atoms. The molecule has 2 aromatic heterocycles. The number of carbonyl (C=O) groups is 2. The van der Waals surface area contributed by atoms with E-state index in [4.69, 9.17) is 38.8 Å². The van der Waals surface area contributed by atoms with Crippen LogP contribution in [0.5, 0.6) is 5.75 Å². The summed E-state index contributed by atoms with van der Waals surface area (Å²) in [5.74, 6) is -2.55. The van der Waals surface area contributed by atoms with Gasteiger partial charge in [-0.2, -0.15) is 0 Å². The molecule has 0 aliphatic carbocycles. The third-order valence-corrected chi connectivity index (χ3v) is 4.54. The van der Waals surface area contributed by atoms with E-state index in [2.05, 4.69) is 14.7 Å². The lowest BCUT2D eigenvalue weighted by Gasteiger charge is -2.13. The van der Waals surface area contributed by atoms with Gasteiger partial charge in [0.25, 0.3) is 0 Å². The van der Waals surface area contributed by atoms with Gasteiger partial charge in [0.1, 0.15) is 5.69 Å². The molecule has 3 rings (SSSR count). The van der Waals surface area contributed by atoms with Gasteiger partial charge in [-0.25, -0.2) is 23.9 Å². The molecule has 0 spiro atoms. The number of halogens is 3. The molecule has 0 saturated carbocycles. The number of aromatic nitrogens is 2. The van der Waals surface area contributed by atoms with Crippen LogP contribution in [0.2, 0.25) is 10.0 Å². The number of nitrogens with zero attached hydrogens (tertiary/aromatic N) is 2. The smallest absolute Gasteiger partial charge is 0.358 e. The summed E-state index contributed by atoms with van der Waals surface area (Å²) in [6.07, 6.45) is 2.68. The molecule has 0 atom stereocenters. The number of pyridine rings is 2. The van der Waals surface area contributed by atoms with Crippen LogP contribution >= 0.6 is 23.2 Å². The van der Waals surface area contributed by atoms with Crippen molar-refractivity contribution >= 4 is 40.8 Å². The van der Waals surface area contributed by atoms with Gasteiger partial charge in [0.2, 0.25) is 0 Å². The van der Waals surface area contributed by atoms with Crippen molar-refractivity contribution in [2.24, 2.45) is 0 Å². The maximum Gasteiger partial charge on any atom is 0.358 e. The minimum absolute atomic E-state index is 0.000317. The second kappa shape index (κ2) is 10.6. The molecular weight excluding hydrogens is 452 g/mol. The third kappa shape index (κ3) is 5.39. The molecule has 2 heterocycles. The first-order valence-electron chi connectivity index (χ1n) is 8.41. The number of hydrogen-bond donors (Lipinski definition) is 2. The summed E-state index contributed by atoms with van der Waals surface area (Å²) < 4.78 is 23.9. The van der Waals surface area contributed by atoms with Crippen LogP contribution in [0, 0.1) is 5.82 Å². The van der Waals surface area contributed by atoms with Gasteiger partial charge in [-0.1, -0.05) is 29.3 Å². The zero-order valence-electron chi connectivity index (χ0n) is 16.2. The fraction of sp³-hybridized carbons (Fsp3) is 0.100. The average molecular weight is 468 g/mol. The predicted molar refractivity (Wildman–Crippen MR) is 113 cm³/mol. The molecule has 8 nitrogen and oxygen atoms in total. The molecule has 0 radical (unpaired) electrons. The van der Waals surface area contributed by atoms with Gasteiger partial charge >= 0.3 is 11.9 Å². The van der Waals surface area contributed by atoms with Crippen molar-refractivity contribution < 1.29 is 28.6 Å². The predicted octanol–water partition coefficient (Wildman–Crippen LogP) is 4.35. The van der Waals surface area contributed by atoms with Gasteiger partial charge in [-0.3, -0.25) is 0 Å². The van der Waals surface area contributed by atoms with Crippen LogP contribution in [0.15, 0.2) is 42.7 Å². The molecular formula is C20H16Cl2FN3O5. The number of benzene rings is 1. The minimum Gasteiger partial charge on any atom is -0.492 e. The molecule has 0 unspecified atom stereocenters. The van der Waals surface area contributed by atoms with Crippen molar-refractivity contribution in [2.45, 2.75) is 0 Å². The Morgan fingerprint density at radius 1 is 1.10 bits per heavy atom. The fourth-order valence-corrected chi connectivity index (χ4v) is 2.82. The summed E-state index contributed by atoms with van der Waals surface area (Å²) in [5, 5.41) is 8.33. The van der Waals surface area contributed by atoms with Gasteiger partial charge in [0.05, 0.1) is 30.0 Å². The number of ether oxygens (including phenoxy) is 2. The van der Waals surface area contributed by atoms with E-state index in [0.29, 0.717) is 0 Å². The first-order chi connectivity index (χ1) is 14.7. The van der Waals surface area contributed by atoms with Crippen LogP contribution < -0.4 is 10.5 Å². The first-order valence-corrected chi connectivity index (χ1v) is 9.17. The highest BCUT2D eigenvalue weighted by atomic mass is 35.5. The van der Waals surface area contributed by atoms with E-state index in [-0.39, 0.29) is 44.0 Å². The van der Waals surface area contributed by atoms with E-state index >= 15 is 0 Å². The van der Waals surface area contributed by atoms with Gasteiger partial charge in [0, 0.05) is 23.5 Å². The Morgan fingerprint density at radius 2 is 1.81 bits per heavy atom. The molecule has 31 heavy (non-hydrogen) atoms. The van der Waals surface area contributed by atoms with Crippen molar-refractivity contribution in [1.82, 2.24) is 9.97 Å². The molecule has 1 aromatic carbocycles. The number of hydrogen-bond acceptors (Lipinski definition) is 7. The van der Waals surface area contributed by atoms with Crippen molar-refractivity contribution in [2.75, 3.05) is 20.0 Å². The maximum atomic E-state index is 14.4. The highest BCUT2D eigenvalue weighted by Crippen LogP contribution is 2.39. The maximum absolute atomic E-state index is 14.4. The molecule has 162 valence electrons. The Kier molecular flexibility index (Phi) is 8.12.